The lowest BCUT2D eigenvalue weighted by atomic mass is 9.92. The summed E-state index contributed by atoms with van der Waals surface area (Å²) in [4.78, 5) is 11.9. The lowest BCUT2D eigenvalue weighted by Gasteiger charge is -2.21. The highest BCUT2D eigenvalue weighted by molar-refractivity contribution is 5.64. The van der Waals surface area contributed by atoms with Gasteiger partial charge in [-0.1, -0.05) is 12.0 Å². The van der Waals surface area contributed by atoms with Crippen LogP contribution in [0.4, 0.5) is 17.6 Å². The maximum atomic E-state index is 14.3. The molecule has 29 heavy (non-hydrogen) atoms. The van der Waals surface area contributed by atoms with E-state index in [9.17, 15) is 22.7 Å². The Kier molecular flexibility index (Phi) is 5.48. The van der Waals surface area contributed by atoms with Crippen LogP contribution in [0.2, 0.25) is 0 Å². The number of halogens is 4. The molecule has 1 atom stereocenters. The van der Waals surface area contributed by atoms with Gasteiger partial charge in [-0.05, 0) is 25.1 Å². The zero-order valence-electron chi connectivity index (χ0n) is 14.9. The van der Waals surface area contributed by atoms with Gasteiger partial charge in [-0.2, -0.15) is 0 Å². The van der Waals surface area contributed by atoms with E-state index in [4.69, 9.17) is 0 Å². The van der Waals surface area contributed by atoms with Crippen LogP contribution in [-0.4, -0.2) is 26.4 Å². The Labute approximate surface area is 163 Å². The summed E-state index contributed by atoms with van der Waals surface area (Å²) in [6, 6.07) is 5.69. The van der Waals surface area contributed by atoms with E-state index in [0.29, 0.717) is 17.2 Å². The summed E-state index contributed by atoms with van der Waals surface area (Å²) >= 11 is 0. The first-order chi connectivity index (χ1) is 13.7. The van der Waals surface area contributed by atoms with Gasteiger partial charge in [0.2, 0.25) is 0 Å². The Morgan fingerprint density at radius 1 is 1.03 bits per heavy atom. The van der Waals surface area contributed by atoms with Crippen molar-refractivity contribution in [1.29, 1.82) is 0 Å². The zero-order valence-corrected chi connectivity index (χ0v) is 14.9. The quantitative estimate of drug-likeness (QED) is 0.530. The monoisotopic (exact) mass is 403 g/mol. The topological polar surface area (TPSA) is 68.1 Å². The summed E-state index contributed by atoms with van der Waals surface area (Å²) in [6.07, 6.45) is 0.458. The maximum Gasteiger partial charge on any atom is 0.573 e. The van der Waals surface area contributed by atoms with Crippen LogP contribution in [0.5, 0.6) is 5.75 Å². The second kappa shape index (κ2) is 7.85. The Hall–Kier alpha value is -3.51. The molecule has 0 amide bonds. The number of hydrogen-bond acceptors (Lipinski definition) is 5. The number of alkyl halides is 3. The minimum Gasteiger partial charge on any atom is -0.406 e. The van der Waals surface area contributed by atoms with Gasteiger partial charge in [0.25, 0.3) is 0 Å². The normalized spacial score (nSPS) is 13.2. The average molecular weight is 403 g/mol. The van der Waals surface area contributed by atoms with Crippen LogP contribution in [0.25, 0.3) is 11.1 Å². The van der Waals surface area contributed by atoms with Gasteiger partial charge in [-0.3, -0.25) is 4.98 Å². The average Bonchev–Trinajstić information content (AvgIpc) is 2.68. The second-order valence-electron chi connectivity index (χ2n) is 5.83. The van der Waals surface area contributed by atoms with E-state index in [0.717, 1.165) is 12.1 Å². The Balaban J connectivity index is 1.94. The molecule has 0 bridgehead atoms. The summed E-state index contributed by atoms with van der Waals surface area (Å²) in [6.45, 7) is 1.54. The van der Waals surface area contributed by atoms with E-state index in [1.807, 2.05) is 0 Å². The van der Waals surface area contributed by atoms with Gasteiger partial charge in [-0.15, -0.1) is 19.1 Å². The van der Waals surface area contributed by atoms with E-state index >= 15 is 0 Å². The molecule has 0 aliphatic heterocycles. The third kappa shape index (κ3) is 4.50. The molecule has 3 rings (SSSR count). The number of rotatable bonds is 4. The second-order valence-corrected chi connectivity index (χ2v) is 5.83. The van der Waals surface area contributed by atoms with Gasteiger partial charge in [0, 0.05) is 41.3 Å². The molecular weight excluding hydrogens is 390 g/mol. The molecule has 1 N–H and O–H groups in total. The van der Waals surface area contributed by atoms with Crippen LogP contribution in [0, 0.1) is 17.7 Å². The van der Waals surface area contributed by atoms with Crippen molar-refractivity contribution in [1.82, 2.24) is 15.0 Å². The number of ether oxygens (including phenoxy) is 1. The van der Waals surface area contributed by atoms with E-state index in [1.54, 1.807) is 6.92 Å². The maximum absolute atomic E-state index is 14.3. The Morgan fingerprint density at radius 3 is 2.31 bits per heavy atom. The van der Waals surface area contributed by atoms with Crippen LogP contribution in [0.15, 0.2) is 55.2 Å². The summed E-state index contributed by atoms with van der Waals surface area (Å²) in [7, 11) is 0. The van der Waals surface area contributed by atoms with Crippen molar-refractivity contribution in [2.45, 2.75) is 18.9 Å². The van der Waals surface area contributed by atoms with E-state index < -0.39 is 23.5 Å². The summed E-state index contributed by atoms with van der Waals surface area (Å²) in [5, 5.41) is 11.0. The third-order valence-corrected chi connectivity index (χ3v) is 3.90. The number of aliphatic hydroxyl groups is 1. The highest BCUT2D eigenvalue weighted by atomic mass is 19.4. The Bertz CT molecular complexity index is 1060. The highest BCUT2D eigenvalue weighted by Gasteiger charge is 2.32. The van der Waals surface area contributed by atoms with Gasteiger partial charge in [0.15, 0.2) is 5.60 Å². The molecule has 0 aliphatic carbocycles. The number of aromatic nitrogens is 3. The molecule has 5 nitrogen and oxygen atoms in total. The molecule has 0 saturated heterocycles. The van der Waals surface area contributed by atoms with Gasteiger partial charge in [-0.25, -0.2) is 14.4 Å². The van der Waals surface area contributed by atoms with Crippen molar-refractivity contribution < 1.29 is 27.4 Å². The van der Waals surface area contributed by atoms with Crippen molar-refractivity contribution in [2.75, 3.05) is 0 Å². The van der Waals surface area contributed by atoms with E-state index in [-0.39, 0.29) is 11.3 Å². The van der Waals surface area contributed by atoms with E-state index in [2.05, 4.69) is 31.5 Å². The number of benzene rings is 1. The van der Waals surface area contributed by atoms with Gasteiger partial charge >= 0.3 is 6.36 Å². The number of hydrogen-bond donors (Lipinski definition) is 1. The van der Waals surface area contributed by atoms with Crippen LogP contribution < -0.4 is 4.74 Å². The molecular formula is C20H13F4N3O2. The first-order valence-electron chi connectivity index (χ1n) is 8.17. The molecule has 2 heterocycles. The fourth-order valence-electron chi connectivity index (χ4n) is 2.65. The zero-order chi connectivity index (χ0) is 21.1. The predicted molar refractivity (Wildman–Crippen MR) is 94.8 cm³/mol. The third-order valence-electron chi connectivity index (χ3n) is 3.90. The lowest BCUT2D eigenvalue weighted by Crippen LogP contribution is -2.27. The summed E-state index contributed by atoms with van der Waals surface area (Å²) in [5.74, 6) is 3.70. The molecule has 0 fully saturated rings. The molecule has 0 spiro atoms. The van der Waals surface area contributed by atoms with Crippen LogP contribution in [0.3, 0.4) is 0 Å². The molecule has 1 aromatic carbocycles. The summed E-state index contributed by atoms with van der Waals surface area (Å²) < 4.78 is 54.7. The molecule has 0 radical (unpaired) electrons. The van der Waals surface area contributed by atoms with E-state index in [1.165, 1.54) is 37.1 Å². The van der Waals surface area contributed by atoms with Crippen molar-refractivity contribution in [3.63, 3.8) is 0 Å². The highest BCUT2D eigenvalue weighted by Crippen LogP contribution is 2.31. The van der Waals surface area contributed by atoms with Gasteiger partial charge < -0.3 is 9.84 Å². The fraction of sp³-hybridized carbons (Fsp3) is 0.150. The van der Waals surface area contributed by atoms with Crippen LogP contribution in [-0.2, 0) is 5.60 Å². The number of pyridine rings is 1. The molecule has 0 saturated carbocycles. The summed E-state index contributed by atoms with van der Waals surface area (Å²) in [5.41, 5.74) is -1.01. The standard InChI is InChI=1S/C20H13F4N3O2/c1-2-7-19(28,14-10-25-12-26-11-14)18-6-3-13(9-27-18)16-5-4-15(8-17(16)21)29-20(22,23)24/h3-6,8-12,28H,1H3. The smallest absolute Gasteiger partial charge is 0.406 e. The molecule has 2 aromatic heterocycles. The fourth-order valence-corrected chi connectivity index (χ4v) is 2.65. The minimum atomic E-state index is -4.91. The number of nitrogens with zero attached hydrogens (tertiary/aromatic N) is 3. The van der Waals surface area contributed by atoms with Crippen LogP contribution >= 0.6 is 0 Å². The molecule has 0 aliphatic rings. The van der Waals surface area contributed by atoms with Crippen molar-refractivity contribution in [3.8, 4) is 28.7 Å². The Morgan fingerprint density at radius 2 is 1.76 bits per heavy atom. The van der Waals surface area contributed by atoms with Crippen molar-refractivity contribution >= 4 is 0 Å². The molecule has 148 valence electrons. The van der Waals surface area contributed by atoms with Gasteiger partial charge in [0.1, 0.15) is 17.9 Å². The largest absolute Gasteiger partial charge is 0.573 e. The van der Waals surface area contributed by atoms with Crippen molar-refractivity contribution in [2.24, 2.45) is 0 Å². The SMILES string of the molecule is CC#CC(O)(c1cncnc1)c1ccc(-c2ccc(OC(F)(F)F)cc2F)cn1. The van der Waals surface area contributed by atoms with Crippen LogP contribution in [0.1, 0.15) is 18.2 Å². The van der Waals surface area contributed by atoms with Crippen molar-refractivity contribution in [3.05, 3.63) is 72.3 Å². The van der Waals surface area contributed by atoms with Gasteiger partial charge in [0.05, 0.1) is 5.69 Å². The first-order valence-corrected chi connectivity index (χ1v) is 8.17. The minimum absolute atomic E-state index is 0.0201. The molecule has 3 aromatic rings. The predicted octanol–water partition coefficient (Wildman–Crippen LogP) is 3.84. The lowest BCUT2D eigenvalue weighted by molar-refractivity contribution is -0.274. The first kappa shape index (κ1) is 20.2. The molecule has 9 heteroatoms. The molecule has 1 unspecified atom stereocenters.